The zero-order chi connectivity index (χ0) is 26.6. The Morgan fingerprint density at radius 1 is 0.816 bits per heavy atom. The molecule has 0 saturated heterocycles. The lowest BCUT2D eigenvalue weighted by atomic mass is 10.1. The highest BCUT2D eigenvalue weighted by Crippen LogP contribution is 2.47. The van der Waals surface area contributed by atoms with Gasteiger partial charge in [0.25, 0.3) is 0 Å². The highest BCUT2D eigenvalue weighted by atomic mass is 35.5. The van der Waals surface area contributed by atoms with Gasteiger partial charge in [-0.3, -0.25) is 10.1 Å². The lowest BCUT2D eigenvalue weighted by Gasteiger charge is -2.03. The van der Waals surface area contributed by atoms with E-state index in [9.17, 15) is 0 Å². The highest BCUT2D eigenvalue weighted by Gasteiger charge is 2.25. The van der Waals surface area contributed by atoms with Gasteiger partial charge in [-0.05, 0) is 39.0 Å². The van der Waals surface area contributed by atoms with Crippen LogP contribution in [0.3, 0.4) is 0 Å². The maximum absolute atomic E-state index is 6.61. The van der Waals surface area contributed by atoms with Gasteiger partial charge < -0.3 is 0 Å². The quantitative estimate of drug-likeness (QED) is 0.195. The van der Waals surface area contributed by atoms with Crippen LogP contribution < -0.4 is 0 Å². The van der Waals surface area contributed by atoms with Crippen LogP contribution in [0.2, 0.25) is 15.3 Å². The van der Waals surface area contributed by atoms with Crippen LogP contribution >= 0.6 is 68.8 Å². The predicted molar refractivity (Wildman–Crippen MR) is 156 cm³/mol. The Morgan fingerprint density at radius 3 is 2.26 bits per heavy atom. The summed E-state index contributed by atoms with van der Waals surface area (Å²) in [5.74, 6) is 0. The number of nitrogens with zero attached hydrogens (tertiary/aromatic N) is 6. The van der Waals surface area contributed by atoms with Crippen molar-refractivity contribution in [3.05, 3.63) is 68.5 Å². The van der Waals surface area contributed by atoms with E-state index >= 15 is 0 Å². The summed E-state index contributed by atoms with van der Waals surface area (Å²) in [6, 6.07) is 5.24. The van der Waals surface area contributed by atoms with Gasteiger partial charge in [-0.15, -0.1) is 34.0 Å². The molecule has 0 atom stereocenters. The van der Waals surface area contributed by atoms with Gasteiger partial charge in [0, 0.05) is 23.5 Å². The first-order valence-electron chi connectivity index (χ1n) is 11.1. The predicted octanol–water partition coefficient (Wildman–Crippen LogP) is 8.59. The number of halogens is 3. The molecule has 0 bridgehead atoms. The molecule has 0 fully saturated rings. The fourth-order valence-corrected chi connectivity index (χ4v) is 7.82. The Hall–Kier alpha value is -2.73. The smallest absolute Gasteiger partial charge is 0.142 e. The molecule has 0 aliphatic carbocycles. The van der Waals surface area contributed by atoms with Crippen LogP contribution in [0.25, 0.3) is 52.7 Å². The first-order chi connectivity index (χ1) is 18.3. The molecule has 6 rings (SSSR count). The average Bonchev–Trinajstić information content (AvgIpc) is 3.64. The van der Waals surface area contributed by atoms with Gasteiger partial charge in [0.15, 0.2) is 0 Å². The highest BCUT2D eigenvalue weighted by molar-refractivity contribution is 7.21. The molecule has 0 amide bonds. The maximum Gasteiger partial charge on any atom is 0.142 e. The van der Waals surface area contributed by atoms with Crippen molar-refractivity contribution >= 4 is 68.8 Å². The summed E-state index contributed by atoms with van der Waals surface area (Å²) in [5.41, 5.74) is 5.69. The van der Waals surface area contributed by atoms with E-state index in [4.69, 9.17) is 44.8 Å². The number of aryl methyl sites for hydroxylation is 3. The van der Waals surface area contributed by atoms with Crippen LogP contribution in [-0.4, -0.2) is 35.1 Å². The van der Waals surface area contributed by atoms with Crippen LogP contribution in [0.15, 0.2) is 30.6 Å². The van der Waals surface area contributed by atoms with Crippen molar-refractivity contribution in [3.8, 4) is 52.7 Å². The summed E-state index contributed by atoms with van der Waals surface area (Å²) in [4.78, 5) is 25.6. The summed E-state index contributed by atoms with van der Waals surface area (Å²) in [6.45, 7) is 5.94. The van der Waals surface area contributed by atoms with Crippen molar-refractivity contribution in [2.24, 2.45) is 0 Å². The van der Waals surface area contributed by atoms with E-state index in [0.29, 0.717) is 5.02 Å². The zero-order valence-corrected chi connectivity index (χ0v) is 24.6. The Bertz CT molecular complexity index is 1800. The molecule has 6 aromatic rings. The van der Waals surface area contributed by atoms with Crippen LogP contribution in [0.4, 0.5) is 0 Å². The van der Waals surface area contributed by atoms with Crippen LogP contribution in [-0.2, 0) is 0 Å². The summed E-state index contributed by atoms with van der Waals surface area (Å²) < 4.78 is 0. The van der Waals surface area contributed by atoms with Crippen molar-refractivity contribution in [2.45, 2.75) is 20.8 Å². The second-order valence-corrected chi connectivity index (χ2v) is 12.6. The average molecular weight is 616 g/mol. The van der Waals surface area contributed by atoms with Crippen molar-refractivity contribution in [2.75, 3.05) is 0 Å². The van der Waals surface area contributed by atoms with Crippen molar-refractivity contribution in [3.63, 3.8) is 0 Å². The van der Waals surface area contributed by atoms with Crippen LogP contribution in [0.5, 0.6) is 0 Å². The van der Waals surface area contributed by atoms with E-state index in [1.807, 2.05) is 20.8 Å². The second-order valence-electron chi connectivity index (χ2n) is 8.22. The summed E-state index contributed by atoms with van der Waals surface area (Å²) in [6.07, 6.45) is 6.48. The number of nitrogens with one attached hydrogen (secondary N) is 1. The molecule has 0 aliphatic rings. The third kappa shape index (κ3) is 4.66. The molecular weight excluding hydrogens is 601 g/mol. The fourth-order valence-electron chi connectivity index (χ4n) is 3.97. The molecule has 0 saturated carbocycles. The minimum Gasteiger partial charge on any atom is -0.274 e. The topological polar surface area (TPSA) is 93.1 Å². The SMILES string of the molecule is Cc1nc(C)c(-c2[c]n[nH]c2-c2nc(C)c(-c3nc(-c4cc(Cl)nc(Cl)c4)sc3-c3cnccc3Cl)s2)s1. The van der Waals surface area contributed by atoms with E-state index in [1.165, 1.54) is 22.7 Å². The Balaban J connectivity index is 1.52. The van der Waals surface area contributed by atoms with Gasteiger partial charge in [-0.2, -0.15) is 5.10 Å². The molecule has 0 aliphatic heterocycles. The molecule has 6 aromatic heterocycles. The summed E-state index contributed by atoms with van der Waals surface area (Å²) >= 11 is 23.6. The molecule has 7 nitrogen and oxygen atoms in total. The molecule has 0 spiro atoms. The number of hydrogen-bond acceptors (Lipinski definition) is 9. The first-order valence-corrected chi connectivity index (χ1v) is 14.7. The molecule has 13 heteroatoms. The number of rotatable bonds is 5. The van der Waals surface area contributed by atoms with Gasteiger partial charge in [-0.25, -0.2) is 19.9 Å². The third-order valence-corrected chi connectivity index (χ3v) is 9.72. The minimum absolute atomic E-state index is 0.290. The zero-order valence-electron chi connectivity index (χ0n) is 19.9. The van der Waals surface area contributed by atoms with E-state index in [1.54, 1.807) is 41.9 Å². The Kier molecular flexibility index (Phi) is 6.79. The standard InChI is InChI=1S/C25H15Cl3N7S3/c1-10-21(36-12(3)31-10)15-9-30-35-19(15)25-32-11(2)22(37-25)20-23(14-8-29-5-4-16(14)26)38-24(34-20)13-6-17(27)33-18(28)7-13/h4-8H,1-3H3,(H,30,35). The number of aromatic amines is 1. The van der Waals surface area contributed by atoms with Gasteiger partial charge in [0.2, 0.25) is 0 Å². The number of thiazole rings is 3. The summed E-state index contributed by atoms with van der Waals surface area (Å²) in [7, 11) is 0. The fraction of sp³-hybridized carbons (Fsp3) is 0.120. The second kappa shape index (κ2) is 10.1. The summed E-state index contributed by atoms with van der Waals surface area (Å²) in [5, 5.41) is 10.9. The van der Waals surface area contributed by atoms with Crippen molar-refractivity contribution in [1.82, 2.24) is 35.1 Å². The molecule has 1 N–H and O–H groups in total. The van der Waals surface area contributed by atoms with E-state index < -0.39 is 0 Å². The molecule has 1 radical (unpaired) electrons. The number of hydrogen-bond donors (Lipinski definition) is 1. The van der Waals surface area contributed by atoms with E-state index in [-0.39, 0.29) is 10.3 Å². The molecule has 6 heterocycles. The Morgan fingerprint density at radius 2 is 1.55 bits per heavy atom. The first kappa shape index (κ1) is 25.5. The van der Waals surface area contributed by atoms with Gasteiger partial charge in [-0.1, -0.05) is 34.8 Å². The molecular formula is C25H15Cl3N7S3. The monoisotopic (exact) mass is 614 g/mol. The van der Waals surface area contributed by atoms with Gasteiger partial charge in [0.1, 0.15) is 37.9 Å². The van der Waals surface area contributed by atoms with Crippen molar-refractivity contribution in [1.29, 1.82) is 0 Å². The van der Waals surface area contributed by atoms with E-state index in [2.05, 4.69) is 31.3 Å². The van der Waals surface area contributed by atoms with Crippen molar-refractivity contribution < 1.29 is 0 Å². The van der Waals surface area contributed by atoms with Crippen LogP contribution in [0.1, 0.15) is 16.4 Å². The molecule has 0 unspecified atom stereocenters. The largest absolute Gasteiger partial charge is 0.274 e. The minimum atomic E-state index is 0.290. The molecule has 0 aromatic carbocycles. The van der Waals surface area contributed by atoms with Gasteiger partial charge >= 0.3 is 0 Å². The van der Waals surface area contributed by atoms with E-state index in [0.717, 1.165) is 69.1 Å². The lowest BCUT2D eigenvalue weighted by molar-refractivity contribution is 1.08. The Labute approximate surface area is 244 Å². The lowest BCUT2D eigenvalue weighted by Crippen LogP contribution is -1.85. The third-order valence-electron chi connectivity index (χ3n) is 5.59. The number of pyridine rings is 2. The number of H-pyrrole nitrogens is 1. The normalized spacial score (nSPS) is 11.4. The van der Waals surface area contributed by atoms with Gasteiger partial charge in [0.05, 0.1) is 41.6 Å². The molecule has 38 heavy (non-hydrogen) atoms. The number of aromatic nitrogens is 7. The molecule has 189 valence electrons. The van der Waals surface area contributed by atoms with Crippen LogP contribution in [0, 0.1) is 27.0 Å². The maximum atomic E-state index is 6.61.